The third-order valence-electron chi connectivity index (χ3n) is 5.11. The van der Waals surface area contributed by atoms with Gasteiger partial charge < -0.3 is 15.4 Å². The number of rotatable bonds is 7. The number of hydrogen-bond acceptors (Lipinski definition) is 6. The zero-order chi connectivity index (χ0) is 26.5. The molecule has 0 spiro atoms. The Morgan fingerprint density at radius 3 is 2.57 bits per heavy atom. The van der Waals surface area contributed by atoms with E-state index in [0.717, 1.165) is 16.8 Å². The molecule has 188 valence electrons. The molecule has 0 atom stereocenters. The van der Waals surface area contributed by atoms with Crippen molar-refractivity contribution in [2.75, 3.05) is 11.9 Å². The smallest absolute Gasteiger partial charge is 0.276 e. The predicted octanol–water partition coefficient (Wildman–Crippen LogP) is 4.01. The average Bonchev–Trinajstić information content (AvgIpc) is 2.86. The maximum Gasteiger partial charge on any atom is 0.276 e. The van der Waals surface area contributed by atoms with Crippen LogP contribution in [0, 0.1) is 18.6 Å². The lowest BCUT2D eigenvalue weighted by Gasteiger charge is -2.12. The maximum absolute atomic E-state index is 14.8. The van der Waals surface area contributed by atoms with Gasteiger partial charge in [-0.3, -0.25) is 19.4 Å². The Hall–Kier alpha value is -4.93. The second-order valence-corrected chi connectivity index (χ2v) is 7.84. The minimum Gasteiger partial charge on any atom is -0.454 e. The van der Waals surface area contributed by atoms with E-state index >= 15 is 0 Å². The van der Waals surface area contributed by atoms with E-state index in [1.54, 1.807) is 6.92 Å². The Morgan fingerprint density at radius 2 is 1.84 bits per heavy atom. The van der Waals surface area contributed by atoms with Crippen molar-refractivity contribution in [2.24, 2.45) is 0 Å². The van der Waals surface area contributed by atoms with Crippen LogP contribution < -0.4 is 20.9 Å². The number of ether oxygens (including phenoxy) is 1. The zero-order valence-electron chi connectivity index (χ0n) is 19.8. The zero-order valence-corrected chi connectivity index (χ0v) is 19.8. The lowest BCUT2D eigenvalue weighted by atomic mass is 10.2. The van der Waals surface area contributed by atoms with Gasteiger partial charge in [-0.05, 0) is 55.8 Å². The van der Waals surface area contributed by atoms with E-state index in [2.05, 4.69) is 20.7 Å². The normalized spacial score (nSPS) is 10.6. The van der Waals surface area contributed by atoms with E-state index in [1.165, 1.54) is 61.7 Å². The van der Waals surface area contributed by atoms with Gasteiger partial charge in [0, 0.05) is 36.6 Å². The highest BCUT2D eigenvalue weighted by Gasteiger charge is 2.17. The molecule has 0 bridgehead atoms. The summed E-state index contributed by atoms with van der Waals surface area (Å²) in [7, 11) is 0. The highest BCUT2D eigenvalue weighted by molar-refractivity contribution is 6.03. The molecule has 0 aliphatic heterocycles. The van der Waals surface area contributed by atoms with Gasteiger partial charge in [-0.15, -0.1) is 0 Å². The molecule has 2 heterocycles. The third-order valence-corrected chi connectivity index (χ3v) is 5.11. The standard InChI is InChI=1S/C26H21F2N5O4/c1-3-29-25(35)21-14-19(9-10-30-21)37-22-8-7-17(13-20(22)28)31-26(36)24-15(2)11-23(34)33(32-24)18-6-4-5-16(27)12-18/h4-14H,3H2,1-2H3,(H,29,35)(H,31,36). The van der Waals surface area contributed by atoms with E-state index in [9.17, 15) is 23.2 Å². The number of aryl methyl sites for hydroxylation is 1. The number of halogens is 2. The van der Waals surface area contributed by atoms with Gasteiger partial charge in [-0.25, -0.2) is 8.78 Å². The number of carbonyl (C=O) groups is 2. The molecule has 4 aromatic rings. The van der Waals surface area contributed by atoms with Gasteiger partial charge in [0.25, 0.3) is 17.4 Å². The van der Waals surface area contributed by atoms with E-state index in [0.29, 0.717) is 6.54 Å². The molecule has 2 amide bonds. The summed E-state index contributed by atoms with van der Waals surface area (Å²) in [5.74, 6) is -2.37. The second-order valence-electron chi connectivity index (χ2n) is 7.84. The topological polar surface area (TPSA) is 115 Å². The number of nitrogens with one attached hydrogen (secondary N) is 2. The van der Waals surface area contributed by atoms with E-state index in [1.807, 2.05) is 0 Å². The summed E-state index contributed by atoms with van der Waals surface area (Å²) in [6.45, 7) is 3.72. The van der Waals surface area contributed by atoms with Gasteiger partial charge in [0.15, 0.2) is 17.3 Å². The Balaban J connectivity index is 1.53. The summed E-state index contributed by atoms with van der Waals surface area (Å²) >= 11 is 0. The van der Waals surface area contributed by atoms with Gasteiger partial charge in [0.2, 0.25) is 0 Å². The van der Waals surface area contributed by atoms with Gasteiger partial charge in [-0.1, -0.05) is 6.07 Å². The van der Waals surface area contributed by atoms with Gasteiger partial charge in [0.05, 0.1) is 5.69 Å². The van der Waals surface area contributed by atoms with Crippen LogP contribution in [0.4, 0.5) is 14.5 Å². The summed E-state index contributed by atoms with van der Waals surface area (Å²) in [4.78, 5) is 41.2. The second kappa shape index (κ2) is 10.8. The molecule has 9 nitrogen and oxygen atoms in total. The Kier molecular flexibility index (Phi) is 7.33. The van der Waals surface area contributed by atoms with Crippen molar-refractivity contribution in [2.45, 2.75) is 13.8 Å². The molecule has 4 rings (SSSR count). The van der Waals surface area contributed by atoms with Crippen molar-refractivity contribution in [1.29, 1.82) is 0 Å². The SMILES string of the molecule is CCNC(=O)c1cc(Oc2ccc(NC(=O)c3nn(-c4cccc(F)c4)c(=O)cc3C)cc2F)ccn1. The molecule has 37 heavy (non-hydrogen) atoms. The monoisotopic (exact) mass is 505 g/mol. The van der Waals surface area contributed by atoms with Crippen molar-refractivity contribution >= 4 is 17.5 Å². The highest BCUT2D eigenvalue weighted by Crippen LogP contribution is 2.27. The number of pyridine rings is 1. The summed E-state index contributed by atoms with van der Waals surface area (Å²) in [5.41, 5.74) is 0.0236. The lowest BCUT2D eigenvalue weighted by Crippen LogP contribution is -2.26. The van der Waals surface area contributed by atoms with Crippen LogP contribution >= 0.6 is 0 Å². The van der Waals surface area contributed by atoms with E-state index in [4.69, 9.17) is 4.74 Å². The number of amides is 2. The molecular formula is C26H21F2N5O4. The Bertz CT molecular complexity index is 1550. The van der Waals surface area contributed by atoms with Crippen LogP contribution in [0.25, 0.3) is 5.69 Å². The fraction of sp³-hybridized carbons (Fsp3) is 0.115. The first-order chi connectivity index (χ1) is 17.7. The summed E-state index contributed by atoms with van der Waals surface area (Å²) in [6, 6.07) is 13.1. The Labute approximate surface area is 209 Å². The number of anilines is 1. The van der Waals surface area contributed by atoms with Gasteiger partial charge in [-0.2, -0.15) is 9.78 Å². The van der Waals surface area contributed by atoms with Crippen molar-refractivity contribution < 1.29 is 23.1 Å². The molecule has 0 fully saturated rings. The molecule has 0 radical (unpaired) electrons. The minimum absolute atomic E-state index is 0.0979. The predicted molar refractivity (Wildman–Crippen MR) is 131 cm³/mol. The molecular weight excluding hydrogens is 484 g/mol. The first-order valence-electron chi connectivity index (χ1n) is 11.1. The van der Waals surface area contributed by atoms with Crippen LogP contribution in [0.5, 0.6) is 11.5 Å². The number of hydrogen-bond donors (Lipinski definition) is 2. The molecule has 2 aromatic carbocycles. The lowest BCUT2D eigenvalue weighted by molar-refractivity contribution is 0.0949. The average molecular weight is 505 g/mol. The molecule has 2 N–H and O–H groups in total. The van der Waals surface area contributed by atoms with Crippen LogP contribution in [0.2, 0.25) is 0 Å². The highest BCUT2D eigenvalue weighted by atomic mass is 19.1. The van der Waals surface area contributed by atoms with Crippen LogP contribution in [-0.4, -0.2) is 33.1 Å². The van der Waals surface area contributed by atoms with Crippen molar-refractivity contribution in [1.82, 2.24) is 20.1 Å². The molecule has 11 heteroatoms. The molecule has 0 saturated carbocycles. The summed E-state index contributed by atoms with van der Waals surface area (Å²) < 4.78 is 34.8. The first kappa shape index (κ1) is 25.2. The third kappa shape index (κ3) is 5.84. The van der Waals surface area contributed by atoms with E-state index in [-0.39, 0.29) is 45.7 Å². The van der Waals surface area contributed by atoms with Crippen molar-refractivity contribution in [3.05, 3.63) is 106 Å². The number of aromatic nitrogens is 3. The van der Waals surface area contributed by atoms with Crippen molar-refractivity contribution in [3.8, 4) is 17.2 Å². The van der Waals surface area contributed by atoms with E-state index < -0.39 is 23.1 Å². The molecule has 0 aliphatic carbocycles. The van der Waals surface area contributed by atoms with Crippen LogP contribution in [0.15, 0.2) is 71.7 Å². The fourth-order valence-corrected chi connectivity index (χ4v) is 3.39. The minimum atomic E-state index is -0.774. The Morgan fingerprint density at radius 1 is 1.03 bits per heavy atom. The number of carbonyl (C=O) groups excluding carboxylic acids is 2. The van der Waals surface area contributed by atoms with Crippen LogP contribution in [0.1, 0.15) is 33.5 Å². The van der Waals surface area contributed by atoms with Gasteiger partial charge >= 0.3 is 0 Å². The summed E-state index contributed by atoms with van der Waals surface area (Å²) in [6.07, 6.45) is 1.37. The molecule has 2 aromatic heterocycles. The quantitative estimate of drug-likeness (QED) is 0.392. The van der Waals surface area contributed by atoms with Gasteiger partial charge in [0.1, 0.15) is 17.3 Å². The molecule has 0 unspecified atom stereocenters. The number of benzene rings is 2. The molecule has 0 aliphatic rings. The van der Waals surface area contributed by atoms with Crippen LogP contribution in [-0.2, 0) is 0 Å². The van der Waals surface area contributed by atoms with Crippen LogP contribution in [0.3, 0.4) is 0 Å². The van der Waals surface area contributed by atoms with Crippen molar-refractivity contribution in [3.63, 3.8) is 0 Å². The maximum atomic E-state index is 14.8. The number of nitrogens with zero attached hydrogens (tertiary/aromatic N) is 3. The first-order valence-corrected chi connectivity index (χ1v) is 11.1. The molecule has 0 saturated heterocycles. The largest absolute Gasteiger partial charge is 0.454 e. The fourth-order valence-electron chi connectivity index (χ4n) is 3.39. The summed E-state index contributed by atoms with van der Waals surface area (Å²) in [5, 5.41) is 9.22.